The maximum absolute atomic E-state index is 14.4. The molecule has 2 aliphatic heterocycles. The molecule has 8 nitrogen and oxygen atoms in total. The Morgan fingerprint density at radius 1 is 1.10 bits per heavy atom. The number of fused-ring (bicyclic) bond motifs is 3. The summed E-state index contributed by atoms with van der Waals surface area (Å²) in [6.45, 7) is 6.51. The highest BCUT2D eigenvalue weighted by Crippen LogP contribution is 2.41. The number of piperazine rings is 1. The summed E-state index contributed by atoms with van der Waals surface area (Å²) in [5.74, 6) is 0.473. The summed E-state index contributed by atoms with van der Waals surface area (Å²) in [5, 5.41) is 0. The quantitative estimate of drug-likeness (QED) is 0.266. The molecule has 6 rings (SSSR count). The first-order valence-electron chi connectivity index (χ1n) is 13.4. The summed E-state index contributed by atoms with van der Waals surface area (Å²) < 4.78 is 33.8. The molecule has 0 atom stereocenters. The van der Waals surface area contributed by atoms with Crippen LogP contribution in [-0.2, 0) is 6.42 Å². The van der Waals surface area contributed by atoms with E-state index >= 15 is 0 Å². The molecule has 41 heavy (non-hydrogen) atoms. The van der Waals surface area contributed by atoms with Gasteiger partial charge in [0.05, 0.1) is 28.4 Å². The highest BCUT2D eigenvalue weighted by Gasteiger charge is 2.23. The van der Waals surface area contributed by atoms with Crippen LogP contribution in [0.15, 0.2) is 58.6 Å². The average Bonchev–Trinajstić information content (AvgIpc) is 3.31. The van der Waals surface area contributed by atoms with Crippen molar-refractivity contribution in [2.75, 3.05) is 44.7 Å². The van der Waals surface area contributed by atoms with Crippen LogP contribution < -0.4 is 15.4 Å². The molecular formula is C30H29F2N7OS. The van der Waals surface area contributed by atoms with Gasteiger partial charge in [-0.05, 0) is 61.5 Å². The molecule has 1 fully saturated rings. The molecule has 4 aromatic rings. The van der Waals surface area contributed by atoms with Crippen molar-refractivity contribution >= 4 is 35.0 Å². The van der Waals surface area contributed by atoms with E-state index in [4.69, 9.17) is 20.4 Å². The maximum Gasteiger partial charge on any atom is 0.171 e. The average molecular weight is 574 g/mol. The summed E-state index contributed by atoms with van der Waals surface area (Å²) in [6, 6.07) is 11.2. The molecule has 0 radical (unpaired) electrons. The van der Waals surface area contributed by atoms with Crippen LogP contribution in [0.5, 0.6) is 5.75 Å². The van der Waals surface area contributed by atoms with Gasteiger partial charge in [0.15, 0.2) is 11.7 Å². The van der Waals surface area contributed by atoms with E-state index in [0.29, 0.717) is 23.7 Å². The molecule has 0 spiro atoms. The third kappa shape index (κ3) is 5.55. The second kappa shape index (κ2) is 11.3. The molecule has 0 bridgehead atoms. The van der Waals surface area contributed by atoms with E-state index in [2.05, 4.69) is 39.8 Å². The van der Waals surface area contributed by atoms with Gasteiger partial charge >= 0.3 is 0 Å². The molecule has 5 heterocycles. The standard InChI is InChI=1S/C30H29F2N7OS/c1-18-13-20(16-34-30(18)39-10-8-38(2)9-11-39)23-5-6-25-27(36-23)28-19(7-12-40-25)14-26(41-28)29(35-17-33)37-24-4-3-21(31)15-22(24)32/h3-6,13-17H,7-12H2,1-2H3,(H2,33,35,37). The minimum atomic E-state index is -0.777. The number of hydrogen-bond donors (Lipinski definition) is 1. The van der Waals surface area contributed by atoms with Crippen LogP contribution in [0, 0.1) is 18.6 Å². The van der Waals surface area contributed by atoms with Crippen molar-refractivity contribution in [2.45, 2.75) is 13.3 Å². The maximum atomic E-state index is 14.4. The SMILES string of the molecule is Cc1cc(-c2ccc3c(n2)-c2sc(C(N=CN)=Nc4ccc(F)cc4F)cc2CCO3)cnc1N1CCN(C)CC1. The Kier molecular flexibility index (Phi) is 7.46. The molecule has 3 aromatic heterocycles. The molecule has 2 N–H and O–H groups in total. The van der Waals surface area contributed by atoms with Crippen LogP contribution in [0.2, 0.25) is 0 Å². The van der Waals surface area contributed by atoms with E-state index in [-0.39, 0.29) is 11.5 Å². The first-order valence-corrected chi connectivity index (χ1v) is 14.2. The van der Waals surface area contributed by atoms with E-state index in [1.165, 1.54) is 17.4 Å². The second-order valence-electron chi connectivity index (χ2n) is 10.1. The lowest BCUT2D eigenvalue weighted by atomic mass is 10.1. The fourth-order valence-electron chi connectivity index (χ4n) is 5.04. The molecule has 1 saturated heterocycles. The zero-order valence-electron chi connectivity index (χ0n) is 22.8. The Morgan fingerprint density at radius 2 is 1.93 bits per heavy atom. The number of likely N-dealkylation sites (N-methyl/N-ethyl adjacent to an activating group) is 1. The van der Waals surface area contributed by atoms with Crippen LogP contribution in [0.25, 0.3) is 21.8 Å². The van der Waals surface area contributed by atoms with Crippen molar-refractivity contribution in [3.05, 3.63) is 76.3 Å². The summed E-state index contributed by atoms with van der Waals surface area (Å²) in [4.78, 5) is 24.6. The van der Waals surface area contributed by atoms with Gasteiger partial charge < -0.3 is 20.3 Å². The zero-order valence-corrected chi connectivity index (χ0v) is 23.6. The van der Waals surface area contributed by atoms with Gasteiger partial charge in [-0.3, -0.25) is 0 Å². The second-order valence-corrected chi connectivity index (χ2v) is 11.1. The molecule has 0 aliphatic carbocycles. The van der Waals surface area contributed by atoms with Crippen LogP contribution in [-0.4, -0.2) is 66.9 Å². The van der Waals surface area contributed by atoms with Gasteiger partial charge in [-0.1, -0.05) is 0 Å². The number of nitrogens with two attached hydrogens (primary N) is 1. The molecule has 1 aromatic carbocycles. The van der Waals surface area contributed by atoms with Crippen molar-refractivity contribution in [1.29, 1.82) is 0 Å². The Balaban J connectivity index is 1.36. The first kappa shape index (κ1) is 27.0. The lowest BCUT2D eigenvalue weighted by Crippen LogP contribution is -2.45. The number of anilines is 1. The Labute approximate surface area is 240 Å². The lowest BCUT2D eigenvalue weighted by molar-refractivity contribution is 0.312. The van der Waals surface area contributed by atoms with Crippen LogP contribution in [0.4, 0.5) is 20.3 Å². The number of hydrogen-bond acceptors (Lipinski definition) is 7. The van der Waals surface area contributed by atoms with Crippen LogP contribution in [0.1, 0.15) is 16.0 Å². The molecular weight excluding hydrogens is 544 g/mol. The van der Waals surface area contributed by atoms with Crippen LogP contribution in [0.3, 0.4) is 0 Å². The fraction of sp³-hybridized carbons (Fsp3) is 0.267. The molecule has 0 saturated carbocycles. The van der Waals surface area contributed by atoms with Crippen molar-refractivity contribution in [1.82, 2.24) is 14.9 Å². The number of amidine groups is 1. The number of ether oxygens (including phenoxy) is 1. The largest absolute Gasteiger partial charge is 0.491 e. The number of nitrogens with zero attached hydrogens (tertiary/aromatic N) is 6. The predicted octanol–water partition coefficient (Wildman–Crippen LogP) is 5.21. The first-order chi connectivity index (χ1) is 19.9. The molecule has 11 heteroatoms. The molecule has 2 aliphatic rings. The van der Waals surface area contributed by atoms with E-state index in [0.717, 1.165) is 83.4 Å². The number of thiophene rings is 1. The Morgan fingerprint density at radius 3 is 2.68 bits per heavy atom. The van der Waals surface area contributed by atoms with E-state index < -0.39 is 11.6 Å². The van der Waals surface area contributed by atoms with Crippen molar-refractivity contribution in [2.24, 2.45) is 15.7 Å². The zero-order chi connectivity index (χ0) is 28.5. The van der Waals surface area contributed by atoms with E-state index in [9.17, 15) is 8.78 Å². The van der Waals surface area contributed by atoms with Gasteiger partial charge in [0, 0.05) is 50.4 Å². The molecule has 210 valence electrons. The summed E-state index contributed by atoms with van der Waals surface area (Å²) in [6.07, 6.45) is 3.65. The van der Waals surface area contributed by atoms with Crippen molar-refractivity contribution in [3.63, 3.8) is 0 Å². The number of aromatic nitrogens is 2. The number of halogens is 2. The monoisotopic (exact) mass is 573 g/mol. The lowest BCUT2D eigenvalue weighted by Gasteiger charge is -2.34. The number of aryl methyl sites for hydroxylation is 1. The van der Waals surface area contributed by atoms with Gasteiger partial charge in [-0.2, -0.15) is 0 Å². The highest BCUT2D eigenvalue weighted by atomic mass is 32.1. The smallest absolute Gasteiger partial charge is 0.171 e. The molecule has 0 unspecified atom stereocenters. The highest BCUT2D eigenvalue weighted by molar-refractivity contribution is 7.17. The number of aliphatic imine (C=N–C) groups is 2. The minimum absolute atomic E-state index is 0.0253. The summed E-state index contributed by atoms with van der Waals surface area (Å²) >= 11 is 1.43. The van der Waals surface area contributed by atoms with Gasteiger partial charge in [-0.25, -0.2) is 28.7 Å². The molecule has 0 amide bonds. The van der Waals surface area contributed by atoms with Gasteiger partial charge in [0.2, 0.25) is 0 Å². The Hall–Kier alpha value is -4.22. The van der Waals surface area contributed by atoms with Crippen molar-refractivity contribution < 1.29 is 13.5 Å². The van der Waals surface area contributed by atoms with Gasteiger partial charge in [-0.15, -0.1) is 11.3 Å². The number of pyridine rings is 2. The normalized spacial score (nSPS) is 15.9. The number of benzene rings is 1. The van der Waals surface area contributed by atoms with E-state index in [1.807, 2.05) is 24.4 Å². The Bertz CT molecular complexity index is 1660. The van der Waals surface area contributed by atoms with Gasteiger partial charge in [0.25, 0.3) is 0 Å². The van der Waals surface area contributed by atoms with Crippen LogP contribution >= 0.6 is 11.3 Å². The third-order valence-corrected chi connectivity index (χ3v) is 8.39. The summed E-state index contributed by atoms with van der Waals surface area (Å²) in [7, 11) is 2.14. The van der Waals surface area contributed by atoms with Gasteiger partial charge in [0.1, 0.15) is 28.8 Å². The topological polar surface area (TPSA) is 92.2 Å². The number of rotatable bonds is 4. The minimum Gasteiger partial charge on any atom is -0.491 e. The van der Waals surface area contributed by atoms with Crippen molar-refractivity contribution in [3.8, 4) is 27.6 Å². The summed E-state index contributed by atoms with van der Waals surface area (Å²) in [5.41, 5.74) is 10.1. The predicted molar refractivity (Wildman–Crippen MR) is 160 cm³/mol. The third-order valence-electron chi connectivity index (χ3n) is 7.21. The van der Waals surface area contributed by atoms with E-state index in [1.54, 1.807) is 0 Å². The fourth-order valence-corrected chi connectivity index (χ4v) is 6.19.